The number of allylic oxidation sites excluding steroid dienone is 3. The van der Waals surface area contributed by atoms with E-state index < -0.39 is 6.10 Å². The van der Waals surface area contributed by atoms with E-state index in [1.807, 2.05) is 0 Å². The molecule has 0 radical (unpaired) electrons. The zero-order valence-electron chi connectivity index (χ0n) is 14.9. The summed E-state index contributed by atoms with van der Waals surface area (Å²) >= 11 is 0. The maximum atomic E-state index is 12.1. The fourth-order valence-electron chi connectivity index (χ4n) is 6.73. The maximum Gasteiger partial charge on any atom is 0.184 e. The lowest BCUT2D eigenvalue weighted by molar-refractivity contribution is -0.129. The highest BCUT2D eigenvalue weighted by Crippen LogP contribution is 2.65. The molecule has 4 aliphatic carbocycles. The van der Waals surface area contributed by atoms with Gasteiger partial charge in [-0.2, -0.15) is 0 Å². The Kier molecular flexibility index (Phi) is 3.48. The van der Waals surface area contributed by atoms with Crippen LogP contribution in [0.2, 0.25) is 0 Å². The van der Waals surface area contributed by atoms with Crippen LogP contribution < -0.4 is 0 Å². The summed E-state index contributed by atoms with van der Waals surface area (Å²) in [7, 11) is 0. The predicted octanol–water partition coefficient (Wildman–Crippen LogP) is 3.47. The van der Waals surface area contributed by atoms with Crippen LogP contribution in [0.3, 0.4) is 0 Å². The fraction of sp³-hybridized carbons (Fsp3) is 0.714. The second-order valence-electron chi connectivity index (χ2n) is 9.07. The highest BCUT2D eigenvalue weighted by Gasteiger charge is 2.59. The Balaban J connectivity index is 1.73. The molecular formula is C21H28O3. The van der Waals surface area contributed by atoms with Gasteiger partial charge in [0, 0.05) is 5.92 Å². The Morgan fingerprint density at radius 2 is 1.96 bits per heavy atom. The molecule has 0 aromatic heterocycles. The van der Waals surface area contributed by atoms with Crippen molar-refractivity contribution in [2.75, 3.05) is 0 Å². The minimum atomic E-state index is -0.854. The highest BCUT2D eigenvalue weighted by atomic mass is 16.3. The lowest BCUT2D eigenvalue weighted by Crippen LogP contribution is -2.51. The molecule has 3 heteroatoms. The molecule has 4 rings (SSSR count). The molecule has 0 saturated heterocycles. The van der Waals surface area contributed by atoms with E-state index in [0.29, 0.717) is 30.0 Å². The lowest BCUT2D eigenvalue weighted by atomic mass is 9.48. The van der Waals surface area contributed by atoms with Gasteiger partial charge in [0.15, 0.2) is 5.78 Å². The van der Waals surface area contributed by atoms with E-state index in [2.05, 4.69) is 26.0 Å². The van der Waals surface area contributed by atoms with Crippen molar-refractivity contribution in [1.29, 1.82) is 0 Å². The largest absolute Gasteiger partial charge is 0.385 e. The summed E-state index contributed by atoms with van der Waals surface area (Å²) in [6.07, 6.45) is 10.1. The Bertz CT molecular complexity index is 660. The van der Waals surface area contributed by atoms with Crippen molar-refractivity contribution < 1.29 is 14.7 Å². The van der Waals surface area contributed by atoms with Crippen molar-refractivity contribution in [2.45, 2.75) is 59.0 Å². The van der Waals surface area contributed by atoms with Crippen LogP contribution in [0.15, 0.2) is 23.8 Å². The van der Waals surface area contributed by atoms with Gasteiger partial charge in [-0.15, -0.1) is 0 Å². The molecule has 0 amide bonds. The molecule has 0 aromatic rings. The summed E-state index contributed by atoms with van der Waals surface area (Å²) in [5.74, 6) is 1.90. The van der Waals surface area contributed by atoms with E-state index in [4.69, 9.17) is 0 Å². The first-order valence-electron chi connectivity index (χ1n) is 9.40. The van der Waals surface area contributed by atoms with Gasteiger partial charge in [-0.25, -0.2) is 0 Å². The molecule has 0 spiro atoms. The second-order valence-corrected chi connectivity index (χ2v) is 9.07. The van der Waals surface area contributed by atoms with Gasteiger partial charge in [-0.1, -0.05) is 26.0 Å². The number of fused-ring (bicyclic) bond motifs is 5. The molecule has 2 fully saturated rings. The summed E-state index contributed by atoms with van der Waals surface area (Å²) < 4.78 is 0. The Labute approximate surface area is 144 Å². The average Bonchev–Trinajstić information content (AvgIpc) is 2.86. The summed E-state index contributed by atoms with van der Waals surface area (Å²) in [6, 6.07) is 0. The summed E-state index contributed by atoms with van der Waals surface area (Å²) in [5.41, 5.74) is 1.12. The first-order chi connectivity index (χ1) is 11.3. The fourth-order valence-corrected chi connectivity index (χ4v) is 6.73. The molecule has 0 aliphatic heterocycles. The van der Waals surface area contributed by atoms with Crippen LogP contribution in [0.1, 0.15) is 52.9 Å². The van der Waals surface area contributed by atoms with E-state index in [-0.39, 0.29) is 22.5 Å². The molecule has 130 valence electrons. The van der Waals surface area contributed by atoms with Gasteiger partial charge >= 0.3 is 0 Å². The topological polar surface area (TPSA) is 54.4 Å². The zero-order valence-corrected chi connectivity index (χ0v) is 14.9. The first kappa shape index (κ1) is 16.3. The van der Waals surface area contributed by atoms with Crippen molar-refractivity contribution in [3.63, 3.8) is 0 Å². The predicted molar refractivity (Wildman–Crippen MR) is 92.2 cm³/mol. The number of aliphatic hydroxyl groups excluding tert-OH is 1. The van der Waals surface area contributed by atoms with E-state index in [9.17, 15) is 14.7 Å². The smallest absolute Gasteiger partial charge is 0.184 e. The highest BCUT2D eigenvalue weighted by molar-refractivity contribution is 5.95. The number of ketones is 2. The third kappa shape index (κ3) is 2.00. The van der Waals surface area contributed by atoms with Crippen molar-refractivity contribution in [2.24, 2.45) is 34.5 Å². The number of rotatable bonds is 1. The Morgan fingerprint density at radius 3 is 2.67 bits per heavy atom. The van der Waals surface area contributed by atoms with Crippen LogP contribution in [-0.4, -0.2) is 22.8 Å². The number of hydrogen-bond donors (Lipinski definition) is 1. The molecule has 0 heterocycles. The van der Waals surface area contributed by atoms with Crippen LogP contribution in [0, 0.1) is 34.5 Å². The molecule has 4 aliphatic rings. The van der Waals surface area contributed by atoms with Gasteiger partial charge < -0.3 is 5.11 Å². The van der Waals surface area contributed by atoms with Crippen LogP contribution in [0.4, 0.5) is 0 Å². The molecule has 0 bridgehead atoms. The lowest BCUT2D eigenvalue weighted by Gasteiger charge is -2.56. The molecule has 3 nitrogen and oxygen atoms in total. The molecule has 1 unspecified atom stereocenters. The van der Waals surface area contributed by atoms with E-state index in [0.717, 1.165) is 31.3 Å². The van der Waals surface area contributed by atoms with Gasteiger partial charge in [-0.3, -0.25) is 9.59 Å². The molecule has 2 saturated carbocycles. The first-order valence-corrected chi connectivity index (χ1v) is 9.40. The third-order valence-electron chi connectivity index (χ3n) is 8.04. The van der Waals surface area contributed by atoms with Gasteiger partial charge in [0.1, 0.15) is 11.9 Å². The van der Waals surface area contributed by atoms with E-state index in [1.165, 1.54) is 0 Å². The van der Waals surface area contributed by atoms with Crippen LogP contribution in [0.5, 0.6) is 0 Å². The third-order valence-corrected chi connectivity index (χ3v) is 8.04. The minimum Gasteiger partial charge on any atom is -0.385 e. The van der Waals surface area contributed by atoms with Gasteiger partial charge in [0.05, 0.1) is 0 Å². The standard InChI is InChI=1S/C21H28O3/c1-12(22)15-6-7-16-14-5-4-13-10-18(23)19(24)11-21(13,3)17(14)8-9-20(15,16)2/h4-5,10,14-17,19,24H,6-9,11H2,1-3H3/t14-,15+,16-,17-,19?,20+,21-/m0/s1. The van der Waals surface area contributed by atoms with E-state index >= 15 is 0 Å². The number of carbonyl (C=O) groups excluding carboxylic acids is 2. The molecule has 0 aromatic carbocycles. The van der Waals surface area contributed by atoms with Gasteiger partial charge in [-0.05, 0) is 79.3 Å². The summed E-state index contributed by atoms with van der Waals surface area (Å²) in [4.78, 5) is 24.0. The quantitative estimate of drug-likeness (QED) is 0.802. The van der Waals surface area contributed by atoms with Crippen LogP contribution in [0.25, 0.3) is 0 Å². The number of aliphatic hydroxyl groups is 1. The van der Waals surface area contributed by atoms with Crippen molar-refractivity contribution in [3.8, 4) is 0 Å². The molecule has 1 N–H and O–H groups in total. The normalized spacial score (nSPS) is 49.9. The molecule has 7 atom stereocenters. The number of hydrogen-bond acceptors (Lipinski definition) is 3. The van der Waals surface area contributed by atoms with Gasteiger partial charge in [0.2, 0.25) is 0 Å². The summed E-state index contributed by atoms with van der Waals surface area (Å²) in [6.45, 7) is 6.32. The number of Topliss-reactive ketones (excluding diaryl/α,β-unsaturated/α-hetero) is 1. The molecular weight excluding hydrogens is 300 g/mol. The van der Waals surface area contributed by atoms with Crippen LogP contribution in [-0.2, 0) is 9.59 Å². The van der Waals surface area contributed by atoms with Gasteiger partial charge in [0.25, 0.3) is 0 Å². The van der Waals surface area contributed by atoms with Crippen molar-refractivity contribution >= 4 is 11.6 Å². The Hall–Kier alpha value is -1.22. The van der Waals surface area contributed by atoms with Crippen molar-refractivity contribution in [3.05, 3.63) is 23.8 Å². The van der Waals surface area contributed by atoms with E-state index in [1.54, 1.807) is 13.0 Å². The summed E-state index contributed by atoms with van der Waals surface area (Å²) in [5, 5.41) is 10.2. The maximum absolute atomic E-state index is 12.1. The SMILES string of the molecule is CC(=O)[C@H]1CC[C@H]2[C@@H]3C=CC4=CC(=O)C(O)C[C@]4(C)[C@H]3CC[C@]12C. The minimum absolute atomic E-state index is 0.109. The van der Waals surface area contributed by atoms with Crippen molar-refractivity contribution in [1.82, 2.24) is 0 Å². The van der Waals surface area contributed by atoms with Crippen LogP contribution >= 0.6 is 0 Å². The number of carbonyl (C=O) groups is 2. The second kappa shape index (κ2) is 5.14. The Morgan fingerprint density at radius 1 is 1.21 bits per heavy atom. The monoisotopic (exact) mass is 328 g/mol. The molecule has 24 heavy (non-hydrogen) atoms. The average molecular weight is 328 g/mol. The zero-order chi connectivity index (χ0) is 17.3.